The number of hydrogen-bond donors (Lipinski definition) is 1. The van der Waals surface area contributed by atoms with Crippen molar-refractivity contribution in [3.63, 3.8) is 0 Å². The third kappa shape index (κ3) is 4.46. The number of aromatic nitrogens is 2. The van der Waals surface area contributed by atoms with E-state index in [-0.39, 0.29) is 23.5 Å². The molecule has 164 valence electrons. The van der Waals surface area contributed by atoms with Gasteiger partial charge < -0.3 is 4.98 Å². The number of nitrogens with one attached hydrogen (secondary N) is 1. The Kier molecular flexibility index (Phi) is 5.90. The lowest BCUT2D eigenvalue weighted by atomic mass is 10.1. The minimum atomic E-state index is -4.01. The van der Waals surface area contributed by atoms with Crippen molar-refractivity contribution >= 4 is 20.9 Å². The third-order valence-corrected chi connectivity index (χ3v) is 7.06. The number of benzene rings is 2. The number of rotatable bonds is 6. The number of nitrogens with zero attached hydrogens (tertiary/aromatic N) is 2. The largest absolute Gasteiger partial charge is 0.321 e. The molecule has 0 bridgehead atoms. The number of hydrogen-bond acceptors (Lipinski definition) is 4. The van der Waals surface area contributed by atoms with E-state index in [1.165, 1.54) is 16.4 Å². The zero-order chi connectivity index (χ0) is 22.9. The van der Waals surface area contributed by atoms with Crippen molar-refractivity contribution in [3.8, 4) is 0 Å². The van der Waals surface area contributed by atoms with Gasteiger partial charge in [-0.2, -0.15) is 4.31 Å². The van der Waals surface area contributed by atoms with Crippen molar-refractivity contribution in [2.24, 2.45) is 0 Å². The van der Waals surface area contributed by atoms with Crippen molar-refractivity contribution < 1.29 is 12.8 Å². The van der Waals surface area contributed by atoms with Gasteiger partial charge in [0.15, 0.2) is 0 Å². The quantitative estimate of drug-likeness (QED) is 0.479. The predicted molar refractivity (Wildman–Crippen MR) is 121 cm³/mol. The Morgan fingerprint density at radius 3 is 2.47 bits per heavy atom. The van der Waals surface area contributed by atoms with E-state index in [1.807, 2.05) is 26.0 Å². The van der Waals surface area contributed by atoms with E-state index in [4.69, 9.17) is 0 Å². The molecule has 2 aromatic heterocycles. The molecule has 4 aromatic rings. The van der Waals surface area contributed by atoms with Crippen LogP contribution in [0.15, 0.2) is 76.7 Å². The first-order chi connectivity index (χ1) is 15.2. The van der Waals surface area contributed by atoms with E-state index in [1.54, 1.807) is 30.6 Å². The third-order valence-electron chi connectivity index (χ3n) is 5.25. The minimum absolute atomic E-state index is 0.0118. The Labute approximate surface area is 185 Å². The molecular formula is C24H22FN3O3S. The SMILES string of the molecule is Cc1cc(C)c2[nH]c(=O)c(CN(Cc3cccnc3)S(=O)(=O)c3ccc(F)cc3)cc2c1. The molecule has 6 nitrogen and oxygen atoms in total. The molecule has 0 amide bonds. The second kappa shape index (κ2) is 8.64. The molecule has 0 saturated heterocycles. The fourth-order valence-electron chi connectivity index (χ4n) is 3.72. The van der Waals surface area contributed by atoms with Gasteiger partial charge >= 0.3 is 0 Å². The van der Waals surface area contributed by atoms with Crippen molar-refractivity contribution in [2.75, 3.05) is 0 Å². The standard InChI is InChI=1S/C24H22FN3O3S/c1-16-10-17(2)23-19(11-16)12-20(24(29)27-23)15-28(14-18-4-3-9-26-13-18)32(30,31)22-7-5-21(25)6-8-22/h3-13H,14-15H2,1-2H3,(H,27,29). The second-order valence-corrected chi connectivity index (χ2v) is 9.70. The van der Waals surface area contributed by atoms with Crippen LogP contribution in [0.2, 0.25) is 0 Å². The zero-order valence-corrected chi connectivity index (χ0v) is 18.5. The summed E-state index contributed by atoms with van der Waals surface area (Å²) in [6.45, 7) is 3.74. The van der Waals surface area contributed by atoms with Crippen LogP contribution in [0.3, 0.4) is 0 Å². The predicted octanol–water partition coefficient (Wildman–Crippen LogP) is 4.07. The van der Waals surface area contributed by atoms with Crippen LogP contribution < -0.4 is 5.56 Å². The van der Waals surface area contributed by atoms with Crippen LogP contribution in [0.25, 0.3) is 10.9 Å². The Hall–Kier alpha value is -3.36. The van der Waals surface area contributed by atoms with E-state index in [0.717, 1.165) is 34.2 Å². The molecule has 0 aliphatic heterocycles. The number of pyridine rings is 2. The second-order valence-electron chi connectivity index (χ2n) is 7.76. The number of sulfonamides is 1. The average Bonchev–Trinajstić information content (AvgIpc) is 2.75. The summed E-state index contributed by atoms with van der Waals surface area (Å²) in [5.41, 5.74) is 3.34. The summed E-state index contributed by atoms with van der Waals surface area (Å²) in [4.78, 5) is 19.7. The molecule has 2 heterocycles. The van der Waals surface area contributed by atoms with Gasteiger partial charge in [0.2, 0.25) is 10.0 Å². The summed E-state index contributed by atoms with van der Waals surface area (Å²) in [6, 6.07) is 13.8. The first-order valence-corrected chi connectivity index (χ1v) is 11.5. The first-order valence-electron chi connectivity index (χ1n) is 10.0. The number of fused-ring (bicyclic) bond motifs is 1. The molecule has 0 atom stereocenters. The molecule has 1 N–H and O–H groups in total. The Bertz CT molecular complexity index is 1430. The number of halogens is 1. The molecular weight excluding hydrogens is 429 g/mol. The molecule has 0 aliphatic rings. The highest BCUT2D eigenvalue weighted by Crippen LogP contribution is 2.23. The van der Waals surface area contributed by atoms with E-state index < -0.39 is 15.8 Å². The monoisotopic (exact) mass is 451 g/mol. The maximum Gasteiger partial charge on any atom is 0.252 e. The summed E-state index contributed by atoms with van der Waals surface area (Å²) in [5.74, 6) is -0.528. The fourth-order valence-corrected chi connectivity index (χ4v) is 5.12. The zero-order valence-electron chi connectivity index (χ0n) is 17.7. The Morgan fingerprint density at radius 1 is 1.03 bits per heavy atom. The van der Waals surface area contributed by atoms with Crippen LogP contribution in [0, 0.1) is 19.7 Å². The van der Waals surface area contributed by atoms with Crippen molar-refractivity contribution in [1.82, 2.24) is 14.3 Å². The molecule has 0 fully saturated rings. The lowest BCUT2D eigenvalue weighted by molar-refractivity contribution is 0.399. The summed E-state index contributed by atoms with van der Waals surface area (Å²) < 4.78 is 41.4. The van der Waals surface area contributed by atoms with Gasteiger partial charge in [-0.25, -0.2) is 12.8 Å². The maximum absolute atomic E-state index is 13.4. The molecule has 0 saturated carbocycles. The molecule has 0 unspecified atom stereocenters. The van der Waals surface area contributed by atoms with Gasteiger partial charge in [0, 0.05) is 31.0 Å². The molecule has 8 heteroatoms. The van der Waals surface area contributed by atoms with Gasteiger partial charge in [0.05, 0.1) is 10.4 Å². The number of aromatic amines is 1. The van der Waals surface area contributed by atoms with Gasteiger partial charge in [0.1, 0.15) is 5.82 Å². The first kappa shape index (κ1) is 21.9. The van der Waals surface area contributed by atoms with Crippen molar-refractivity contribution in [2.45, 2.75) is 31.8 Å². The topological polar surface area (TPSA) is 83.1 Å². The van der Waals surface area contributed by atoms with Crippen molar-refractivity contribution in [3.05, 3.63) is 105 Å². The van der Waals surface area contributed by atoms with E-state index in [2.05, 4.69) is 9.97 Å². The highest BCUT2D eigenvalue weighted by Gasteiger charge is 2.26. The van der Waals surface area contributed by atoms with Crippen molar-refractivity contribution in [1.29, 1.82) is 0 Å². The molecule has 0 radical (unpaired) electrons. The van der Waals surface area contributed by atoms with Gasteiger partial charge in [-0.1, -0.05) is 17.7 Å². The van der Waals surface area contributed by atoms with Crippen LogP contribution in [-0.4, -0.2) is 22.7 Å². The Morgan fingerprint density at radius 2 is 1.78 bits per heavy atom. The van der Waals surface area contributed by atoms with Gasteiger partial charge in [0.25, 0.3) is 5.56 Å². The lowest BCUT2D eigenvalue weighted by Gasteiger charge is -2.22. The highest BCUT2D eigenvalue weighted by molar-refractivity contribution is 7.89. The maximum atomic E-state index is 13.4. The van der Waals surface area contributed by atoms with Gasteiger partial charge in [-0.3, -0.25) is 9.78 Å². The molecule has 0 spiro atoms. The van der Waals surface area contributed by atoms with Crippen LogP contribution >= 0.6 is 0 Å². The molecule has 0 aliphatic carbocycles. The van der Waals surface area contributed by atoms with E-state index in [0.29, 0.717) is 11.1 Å². The molecule has 32 heavy (non-hydrogen) atoms. The number of H-pyrrole nitrogens is 1. The fraction of sp³-hybridized carbons (Fsp3) is 0.167. The van der Waals surface area contributed by atoms with Crippen LogP contribution in [0.5, 0.6) is 0 Å². The summed E-state index contributed by atoms with van der Waals surface area (Å²) in [5, 5.41) is 0.831. The molecule has 2 aromatic carbocycles. The van der Waals surface area contributed by atoms with Crippen LogP contribution in [0.4, 0.5) is 4.39 Å². The molecule has 4 rings (SSSR count). The lowest BCUT2D eigenvalue weighted by Crippen LogP contribution is -2.32. The highest BCUT2D eigenvalue weighted by atomic mass is 32.2. The average molecular weight is 452 g/mol. The normalized spacial score (nSPS) is 11.9. The summed E-state index contributed by atoms with van der Waals surface area (Å²) >= 11 is 0. The number of aryl methyl sites for hydroxylation is 2. The van der Waals surface area contributed by atoms with E-state index in [9.17, 15) is 17.6 Å². The summed E-state index contributed by atoms with van der Waals surface area (Å²) in [6.07, 6.45) is 3.17. The smallest absolute Gasteiger partial charge is 0.252 e. The van der Waals surface area contributed by atoms with Crippen LogP contribution in [-0.2, 0) is 23.1 Å². The Balaban J connectivity index is 1.79. The summed E-state index contributed by atoms with van der Waals surface area (Å²) in [7, 11) is -4.01. The van der Waals surface area contributed by atoms with Gasteiger partial charge in [-0.05, 0) is 72.8 Å². The van der Waals surface area contributed by atoms with Crippen LogP contribution in [0.1, 0.15) is 22.3 Å². The van der Waals surface area contributed by atoms with Gasteiger partial charge in [-0.15, -0.1) is 0 Å². The van der Waals surface area contributed by atoms with E-state index >= 15 is 0 Å². The minimum Gasteiger partial charge on any atom is -0.321 e.